The third-order valence-electron chi connectivity index (χ3n) is 13.5. The first-order chi connectivity index (χ1) is 31.3. The SMILES string of the molecule is c1ccc(-c2ccc(-c3ccc(N(c4ccccc4)c4c5c(cc6oc7ccccc7c46)C4(c6ccccc6-c6ccccc64)c4cc(-c6ccccc6)ccc4-5)cc3)cc2)cc1. The van der Waals surface area contributed by atoms with Gasteiger partial charge in [0.05, 0.1) is 16.5 Å². The lowest BCUT2D eigenvalue weighted by atomic mass is 9.70. The average Bonchev–Trinajstić information content (AvgIpc) is 3.99. The van der Waals surface area contributed by atoms with Crippen LogP contribution >= 0.6 is 0 Å². The monoisotopic (exact) mass is 801 g/mol. The van der Waals surface area contributed by atoms with Crippen molar-refractivity contribution >= 4 is 39.0 Å². The van der Waals surface area contributed by atoms with Crippen LogP contribution in [0.15, 0.2) is 241 Å². The van der Waals surface area contributed by atoms with E-state index in [1.807, 2.05) is 0 Å². The minimum absolute atomic E-state index is 0.595. The van der Waals surface area contributed by atoms with Crippen molar-refractivity contribution in [2.75, 3.05) is 4.90 Å². The van der Waals surface area contributed by atoms with Gasteiger partial charge in [-0.3, -0.25) is 0 Å². The molecule has 1 heterocycles. The molecule has 0 fully saturated rings. The van der Waals surface area contributed by atoms with Crippen molar-refractivity contribution in [1.29, 1.82) is 0 Å². The third-order valence-corrected chi connectivity index (χ3v) is 13.5. The van der Waals surface area contributed by atoms with Gasteiger partial charge in [0.1, 0.15) is 11.2 Å². The van der Waals surface area contributed by atoms with Crippen molar-refractivity contribution < 1.29 is 4.42 Å². The van der Waals surface area contributed by atoms with E-state index in [0.29, 0.717) is 0 Å². The molecule has 294 valence electrons. The number of rotatable bonds is 6. The van der Waals surface area contributed by atoms with Crippen LogP contribution in [-0.2, 0) is 5.41 Å². The summed E-state index contributed by atoms with van der Waals surface area (Å²) in [5, 5.41) is 2.19. The molecule has 0 aliphatic heterocycles. The van der Waals surface area contributed by atoms with Crippen LogP contribution in [0.2, 0.25) is 0 Å². The van der Waals surface area contributed by atoms with Crippen LogP contribution in [0.4, 0.5) is 17.1 Å². The zero-order valence-corrected chi connectivity index (χ0v) is 34.4. The van der Waals surface area contributed by atoms with Crippen LogP contribution in [0.1, 0.15) is 22.3 Å². The molecule has 0 N–H and O–H groups in total. The Morgan fingerprint density at radius 1 is 0.317 bits per heavy atom. The topological polar surface area (TPSA) is 16.4 Å². The van der Waals surface area contributed by atoms with Crippen molar-refractivity contribution in [3.63, 3.8) is 0 Å². The summed E-state index contributed by atoms with van der Waals surface area (Å²) < 4.78 is 7.00. The number of fused-ring (bicyclic) bond motifs is 13. The number of furan rings is 1. The Kier molecular flexibility index (Phi) is 7.85. The predicted octanol–water partition coefficient (Wildman–Crippen LogP) is 16.4. The van der Waals surface area contributed by atoms with Gasteiger partial charge in [0.25, 0.3) is 0 Å². The van der Waals surface area contributed by atoms with E-state index < -0.39 is 5.41 Å². The van der Waals surface area contributed by atoms with Crippen LogP contribution in [0.3, 0.4) is 0 Å². The average molecular weight is 802 g/mol. The van der Waals surface area contributed by atoms with Gasteiger partial charge in [-0.05, 0) is 115 Å². The van der Waals surface area contributed by atoms with Gasteiger partial charge < -0.3 is 9.32 Å². The van der Waals surface area contributed by atoms with Gasteiger partial charge >= 0.3 is 0 Å². The second-order valence-corrected chi connectivity index (χ2v) is 16.7. The molecule has 1 aromatic heterocycles. The van der Waals surface area contributed by atoms with Gasteiger partial charge in [0.2, 0.25) is 0 Å². The molecular formula is C61H39NO. The molecular weight excluding hydrogens is 763 g/mol. The molecule has 10 aromatic carbocycles. The summed E-state index contributed by atoms with van der Waals surface area (Å²) in [5.41, 5.74) is 21.7. The first kappa shape index (κ1) is 35.5. The second-order valence-electron chi connectivity index (χ2n) is 16.7. The van der Waals surface area contributed by atoms with Gasteiger partial charge in [0.15, 0.2) is 0 Å². The molecule has 0 unspecified atom stereocenters. The van der Waals surface area contributed by atoms with Crippen LogP contribution in [0, 0.1) is 0 Å². The van der Waals surface area contributed by atoms with Gasteiger partial charge in [0, 0.05) is 22.3 Å². The van der Waals surface area contributed by atoms with Crippen LogP contribution in [0.25, 0.3) is 77.6 Å². The number of nitrogens with zero attached hydrogens (tertiary/aromatic N) is 1. The van der Waals surface area contributed by atoms with E-state index in [9.17, 15) is 0 Å². The molecule has 2 aliphatic carbocycles. The first-order valence-corrected chi connectivity index (χ1v) is 21.8. The molecule has 63 heavy (non-hydrogen) atoms. The zero-order chi connectivity index (χ0) is 41.5. The van der Waals surface area contributed by atoms with Crippen LogP contribution < -0.4 is 4.90 Å². The molecule has 1 spiro atoms. The lowest BCUT2D eigenvalue weighted by Gasteiger charge is -2.32. The molecule has 2 heteroatoms. The van der Waals surface area contributed by atoms with Crippen molar-refractivity contribution in [2.24, 2.45) is 0 Å². The minimum Gasteiger partial charge on any atom is -0.456 e. The highest BCUT2D eigenvalue weighted by atomic mass is 16.3. The first-order valence-electron chi connectivity index (χ1n) is 21.8. The predicted molar refractivity (Wildman–Crippen MR) is 261 cm³/mol. The van der Waals surface area contributed by atoms with Gasteiger partial charge in [-0.2, -0.15) is 0 Å². The van der Waals surface area contributed by atoms with Crippen molar-refractivity contribution in [1.82, 2.24) is 0 Å². The highest BCUT2D eigenvalue weighted by molar-refractivity contribution is 6.19. The summed E-state index contributed by atoms with van der Waals surface area (Å²) in [6, 6.07) is 86.4. The lowest BCUT2D eigenvalue weighted by Crippen LogP contribution is -2.26. The molecule has 2 aliphatic rings. The van der Waals surface area contributed by atoms with Crippen molar-refractivity contribution in [3.8, 4) is 55.6 Å². The number of benzene rings is 10. The summed E-state index contributed by atoms with van der Waals surface area (Å²) in [6.45, 7) is 0. The fraction of sp³-hybridized carbons (Fsp3) is 0.0164. The maximum absolute atomic E-state index is 7.00. The van der Waals surface area contributed by atoms with Crippen molar-refractivity contribution in [2.45, 2.75) is 5.41 Å². The minimum atomic E-state index is -0.595. The van der Waals surface area contributed by atoms with Gasteiger partial charge in [-0.25, -0.2) is 0 Å². The summed E-state index contributed by atoms with van der Waals surface area (Å²) in [5.74, 6) is 0. The maximum Gasteiger partial charge on any atom is 0.137 e. The van der Waals surface area contributed by atoms with E-state index in [2.05, 4.69) is 241 Å². The molecule has 0 saturated heterocycles. The van der Waals surface area contributed by atoms with E-state index in [4.69, 9.17) is 4.42 Å². The lowest BCUT2D eigenvalue weighted by molar-refractivity contribution is 0.666. The van der Waals surface area contributed by atoms with E-state index in [0.717, 1.165) is 39.0 Å². The molecule has 0 radical (unpaired) electrons. The van der Waals surface area contributed by atoms with Crippen LogP contribution in [0.5, 0.6) is 0 Å². The standard InChI is InChI=1S/C61H39NO/c1-4-16-40(17-5-1)42-28-30-43(31-29-42)44-32-35-47(36-33-44)62(46-20-8-3-9-21-46)60-58-50-37-34-45(41-18-6-2-7-19-41)38-54(50)61(52-25-13-10-22-48(52)49-23-11-14-26-53(49)61)55(58)39-57-59(60)51-24-12-15-27-56(51)63-57/h1-39H. The third kappa shape index (κ3) is 5.25. The summed E-state index contributed by atoms with van der Waals surface area (Å²) in [7, 11) is 0. The molecule has 0 saturated carbocycles. The number of anilines is 3. The van der Waals surface area contributed by atoms with Gasteiger partial charge in [-0.15, -0.1) is 0 Å². The Morgan fingerprint density at radius 3 is 1.43 bits per heavy atom. The number of hydrogen-bond acceptors (Lipinski definition) is 2. The fourth-order valence-electron chi connectivity index (χ4n) is 10.8. The van der Waals surface area contributed by atoms with Crippen molar-refractivity contribution in [3.05, 3.63) is 259 Å². The molecule has 0 atom stereocenters. The Balaban J connectivity index is 1.11. The van der Waals surface area contributed by atoms with Crippen LogP contribution in [-0.4, -0.2) is 0 Å². The molecule has 2 nitrogen and oxygen atoms in total. The highest BCUT2D eigenvalue weighted by Crippen LogP contribution is 2.66. The molecule has 0 amide bonds. The Bertz CT molecular complexity index is 3490. The van der Waals surface area contributed by atoms with E-state index in [1.165, 1.54) is 77.9 Å². The Morgan fingerprint density at radius 2 is 0.794 bits per heavy atom. The quantitative estimate of drug-likeness (QED) is 0.167. The summed E-state index contributed by atoms with van der Waals surface area (Å²) in [6.07, 6.45) is 0. The Labute approximate surface area is 366 Å². The number of para-hydroxylation sites is 2. The normalized spacial score (nSPS) is 12.9. The zero-order valence-electron chi connectivity index (χ0n) is 34.4. The van der Waals surface area contributed by atoms with E-state index in [1.54, 1.807) is 0 Å². The smallest absolute Gasteiger partial charge is 0.137 e. The summed E-state index contributed by atoms with van der Waals surface area (Å²) >= 11 is 0. The highest BCUT2D eigenvalue weighted by Gasteiger charge is 2.53. The molecule has 13 rings (SSSR count). The maximum atomic E-state index is 7.00. The largest absolute Gasteiger partial charge is 0.456 e. The summed E-state index contributed by atoms with van der Waals surface area (Å²) in [4.78, 5) is 2.48. The van der Waals surface area contributed by atoms with E-state index in [-0.39, 0.29) is 0 Å². The Hall–Kier alpha value is -8.20. The van der Waals surface area contributed by atoms with Gasteiger partial charge in [-0.1, -0.05) is 194 Å². The fourth-order valence-corrected chi connectivity index (χ4v) is 10.8. The number of hydrogen-bond donors (Lipinski definition) is 0. The molecule has 11 aromatic rings. The molecule has 0 bridgehead atoms. The van der Waals surface area contributed by atoms with E-state index >= 15 is 0 Å². The second kappa shape index (κ2) is 13.9.